The Bertz CT molecular complexity index is 883. The molecule has 25 heavy (non-hydrogen) atoms. The van der Waals surface area contributed by atoms with Crippen LogP contribution in [0.3, 0.4) is 0 Å². The van der Waals surface area contributed by atoms with Gasteiger partial charge in [0, 0.05) is 22.4 Å². The number of hydrogen-bond donors (Lipinski definition) is 1. The number of hydrogen-bond acceptors (Lipinski definition) is 3. The van der Waals surface area contributed by atoms with Gasteiger partial charge in [-0.3, -0.25) is 9.59 Å². The number of carbonyl (C=O) groups is 2. The number of Topliss-reactive ketones (excluding diaryl/α,β-unsaturated/α-hetero) is 1. The zero-order chi connectivity index (χ0) is 17.6. The zero-order valence-electron chi connectivity index (χ0n) is 14.0. The van der Waals surface area contributed by atoms with Crippen LogP contribution in [0.2, 0.25) is 0 Å². The fourth-order valence-corrected chi connectivity index (χ4v) is 2.55. The first-order valence-corrected chi connectivity index (χ1v) is 8.17. The average molecular weight is 329 g/mol. The molecule has 3 nitrogen and oxygen atoms in total. The van der Waals surface area contributed by atoms with E-state index in [0.717, 1.165) is 11.3 Å². The molecule has 124 valence electrons. The van der Waals surface area contributed by atoms with Gasteiger partial charge < -0.3 is 5.32 Å². The molecule has 0 saturated carbocycles. The van der Waals surface area contributed by atoms with Crippen LogP contribution < -0.4 is 5.32 Å². The number of anilines is 1. The predicted octanol–water partition coefficient (Wildman–Crippen LogP) is 4.52. The van der Waals surface area contributed by atoms with Crippen molar-refractivity contribution in [3.63, 3.8) is 0 Å². The minimum absolute atomic E-state index is 0.0137. The van der Waals surface area contributed by atoms with Gasteiger partial charge in [0.05, 0.1) is 6.54 Å². The first kappa shape index (κ1) is 16.7. The Labute approximate surface area is 147 Å². The number of nitrogens with one attached hydrogen (secondary N) is 1. The van der Waals surface area contributed by atoms with Crippen molar-refractivity contribution in [1.29, 1.82) is 0 Å². The molecule has 0 spiro atoms. The van der Waals surface area contributed by atoms with Crippen LogP contribution in [-0.2, 0) is 0 Å². The summed E-state index contributed by atoms with van der Waals surface area (Å²) >= 11 is 0. The van der Waals surface area contributed by atoms with E-state index in [9.17, 15) is 9.59 Å². The lowest BCUT2D eigenvalue weighted by Crippen LogP contribution is -2.14. The number of benzene rings is 3. The summed E-state index contributed by atoms with van der Waals surface area (Å²) in [5, 5.41) is 3.10. The molecule has 3 aromatic carbocycles. The van der Waals surface area contributed by atoms with E-state index in [1.807, 2.05) is 61.5 Å². The van der Waals surface area contributed by atoms with Crippen LogP contribution in [0.5, 0.6) is 0 Å². The first-order valence-electron chi connectivity index (χ1n) is 8.17. The fourth-order valence-electron chi connectivity index (χ4n) is 2.55. The molecule has 3 aromatic rings. The molecule has 0 aromatic heterocycles. The van der Waals surface area contributed by atoms with Crippen LogP contribution in [0.25, 0.3) is 0 Å². The zero-order valence-corrected chi connectivity index (χ0v) is 14.0. The van der Waals surface area contributed by atoms with Crippen molar-refractivity contribution in [2.75, 3.05) is 11.9 Å². The summed E-state index contributed by atoms with van der Waals surface area (Å²) in [5.41, 5.74) is 3.79. The van der Waals surface area contributed by atoms with E-state index in [1.165, 1.54) is 0 Å². The van der Waals surface area contributed by atoms with Crippen molar-refractivity contribution in [2.45, 2.75) is 6.92 Å². The SMILES string of the molecule is Cc1ccc(C(=O)CNc2cccc(C(=O)c3ccccc3)c2)cc1. The second kappa shape index (κ2) is 7.58. The maximum absolute atomic E-state index is 12.5. The highest BCUT2D eigenvalue weighted by Gasteiger charge is 2.10. The van der Waals surface area contributed by atoms with E-state index in [0.29, 0.717) is 16.7 Å². The quantitative estimate of drug-likeness (QED) is 0.676. The number of ketones is 2. The summed E-state index contributed by atoms with van der Waals surface area (Å²) < 4.78 is 0. The Morgan fingerprint density at radius 3 is 2.16 bits per heavy atom. The van der Waals surface area contributed by atoms with E-state index >= 15 is 0 Å². The predicted molar refractivity (Wildman–Crippen MR) is 100 cm³/mol. The Balaban J connectivity index is 1.69. The van der Waals surface area contributed by atoms with Crippen molar-refractivity contribution in [3.05, 3.63) is 101 Å². The molecule has 3 rings (SSSR count). The van der Waals surface area contributed by atoms with E-state index in [4.69, 9.17) is 0 Å². The van der Waals surface area contributed by atoms with Gasteiger partial charge in [0.15, 0.2) is 11.6 Å². The Hall–Kier alpha value is -3.20. The summed E-state index contributed by atoms with van der Waals surface area (Å²) in [5.74, 6) is -0.0195. The Morgan fingerprint density at radius 2 is 1.44 bits per heavy atom. The smallest absolute Gasteiger partial charge is 0.193 e. The Kier molecular flexibility index (Phi) is 5.05. The van der Waals surface area contributed by atoms with Gasteiger partial charge in [-0.2, -0.15) is 0 Å². The van der Waals surface area contributed by atoms with Gasteiger partial charge >= 0.3 is 0 Å². The fraction of sp³-hybridized carbons (Fsp3) is 0.0909. The summed E-state index contributed by atoms with van der Waals surface area (Å²) in [6, 6.07) is 23.9. The van der Waals surface area contributed by atoms with Gasteiger partial charge in [0.1, 0.15) is 0 Å². The topological polar surface area (TPSA) is 46.2 Å². The normalized spacial score (nSPS) is 10.3. The third-order valence-electron chi connectivity index (χ3n) is 3.99. The molecule has 0 bridgehead atoms. The molecule has 0 unspecified atom stereocenters. The third kappa shape index (κ3) is 4.21. The van der Waals surface area contributed by atoms with Crippen LogP contribution in [0.15, 0.2) is 78.9 Å². The molecule has 0 heterocycles. The molecular formula is C22H19NO2. The highest BCUT2D eigenvalue weighted by Crippen LogP contribution is 2.15. The van der Waals surface area contributed by atoms with Crippen molar-refractivity contribution < 1.29 is 9.59 Å². The van der Waals surface area contributed by atoms with Gasteiger partial charge in [-0.15, -0.1) is 0 Å². The first-order chi connectivity index (χ1) is 12.1. The molecule has 0 atom stereocenters. The molecule has 0 amide bonds. The van der Waals surface area contributed by atoms with Crippen LogP contribution >= 0.6 is 0 Å². The van der Waals surface area contributed by atoms with E-state index < -0.39 is 0 Å². The van der Waals surface area contributed by atoms with E-state index in [-0.39, 0.29) is 18.1 Å². The number of carbonyl (C=O) groups excluding carboxylic acids is 2. The second-order valence-corrected chi connectivity index (χ2v) is 5.92. The third-order valence-corrected chi connectivity index (χ3v) is 3.99. The molecule has 0 saturated heterocycles. The molecule has 3 heteroatoms. The standard InChI is InChI=1S/C22H19NO2/c1-16-10-12-17(13-11-16)21(24)15-23-20-9-5-8-19(14-20)22(25)18-6-3-2-4-7-18/h2-14,23H,15H2,1H3. The molecule has 0 aliphatic carbocycles. The van der Waals surface area contributed by atoms with Gasteiger partial charge in [0.2, 0.25) is 0 Å². The molecular weight excluding hydrogens is 310 g/mol. The maximum Gasteiger partial charge on any atom is 0.193 e. The van der Waals surface area contributed by atoms with Gasteiger partial charge in [-0.25, -0.2) is 0 Å². The monoisotopic (exact) mass is 329 g/mol. The molecule has 0 fully saturated rings. The lowest BCUT2D eigenvalue weighted by Gasteiger charge is -2.08. The summed E-state index contributed by atoms with van der Waals surface area (Å²) in [7, 11) is 0. The summed E-state index contributed by atoms with van der Waals surface area (Å²) in [6.45, 7) is 2.17. The number of aryl methyl sites for hydroxylation is 1. The van der Waals surface area contributed by atoms with E-state index in [2.05, 4.69) is 5.32 Å². The summed E-state index contributed by atoms with van der Waals surface area (Å²) in [6.07, 6.45) is 0. The largest absolute Gasteiger partial charge is 0.378 e. The van der Waals surface area contributed by atoms with Crippen LogP contribution in [0.1, 0.15) is 31.8 Å². The molecule has 1 N–H and O–H groups in total. The van der Waals surface area contributed by atoms with E-state index in [1.54, 1.807) is 24.3 Å². The molecule has 0 radical (unpaired) electrons. The van der Waals surface area contributed by atoms with Gasteiger partial charge in [-0.1, -0.05) is 72.3 Å². The highest BCUT2D eigenvalue weighted by molar-refractivity contribution is 6.09. The van der Waals surface area contributed by atoms with Crippen LogP contribution in [0.4, 0.5) is 5.69 Å². The highest BCUT2D eigenvalue weighted by atomic mass is 16.1. The van der Waals surface area contributed by atoms with Crippen LogP contribution in [0, 0.1) is 6.92 Å². The second-order valence-electron chi connectivity index (χ2n) is 5.92. The number of rotatable bonds is 6. The van der Waals surface area contributed by atoms with Crippen molar-refractivity contribution in [2.24, 2.45) is 0 Å². The Morgan fingerprint density at radius 1 is 0.760 bits per heavy atom. The average Bonchev–Trinajstić information content (AvgIpc) is 2.67. The minimum Gasteiger partial charge on any atom is -0.378 e. The van der Waals surface area contributed by atoms with Gasteiger partial charge in [-0.05, 0) is 19.1 Å². The maximum atomic E-state index is 12.5. The minimum atomic E-state index is -0.0332. The summed E-state index contributed by atoms with van der Waals surface area (Å²) in [4.78, 5) is 24.7. The molecule has 0 aliphatic rings. The molecule has 0 aliphatic heterocycles. The van der Waals surface area contributed by atoms with Crippen molar-refractivity contribution in [1.82, 2.24) is 0 Å². The van der Waals surface area contributed by atoms with Crippen molar-refractivity contribution >= 4 is 17.3 Å². The van der Waals surface area contributed by atoms with Gasteiger partial charge in [0.25, 0.3) is 0 Å². The lowest BCUT2D eigenvalue weighted by molar-refractivity contribution is 0.100. The van der Waals surface area contributed by atoms with Crippen molar-refractivity contribution in [3.8, 4) is 0 Å². The lowest BCUT2D eigenvalue weighted by atomic mass is 10.0. The van der Waals surface area contributed by atoms with Crippen LogP contribution in [-0.4, -0.2) is 18.1 Å².